The highest BCUT2D eigenvalue weighted by Crippen LogP contribution is 2.26. The number of rotatable bonds is 3. The van der Waals surface area contributed by atoms with Crippen LogP contribution in [0.4, 0.5) is 5.69 Å². The fourth-order valence-electron chi connectivity index (χ4n) is 1.47. The van der Waals surface area contributed by atoms with Gasteiger partial charge < -0.3 is 4.52 Å². The van der Waals surface area contributed by atoms with Crippen molar-refractivity contribution in [1.82, 2.24) is 5.16 Å². The Bertz CT molecular complexity index is 636. The van der Waals surface area contributed by atoms with Crippen LogP contribution in [0.3, 0.4) is 0 Å². The zero-order chi connectivity index (χ0) is 13.3. The third-order valence-electron chi connectivity index (χ3n) is 2.41. The van der Waals surface area contributed by atoms with Crippen molar-refractivity contribution < 1.29 is 14.2 Å². The van der Waals surface area contributed by atoms with Crippen molar-refractivity contribution in [2.75, 3.05) is 0 Å². The quantitative estimate of drug-likeness (QED) is 0.484. The first-order valence-corrected chi connectivity index (χ1v) is 5.29. The minimum absolute atomic E-state index is 0.0192. The van der Waals surface area contributed by atoms with E-state index in [9.17, 15) is 14.9 Å². The van der Waals surface area contributed by atoms with Gasteiger partial charge >= 0.3 is 0 Å². The lowest BCUT2D eigenvalue weighted by Crippen LogP contribution is -1.92. The molecule has 0 radical (unpaired) electrons. The van der Waals surface area contributed by atoms with Gasteiger partial charge in [-0.15, -0.1) is 0 Å². The molecule has 0 aliphatic rings. The van der Waals surface area contributed by atoms with Gasteiger partial charge in [0.05, 0.1) is 4.92 Å². The Morgan fingerprint density at radius 3 is 2.72 bits per heavy atom. The lowest BCUT2D eigenvalue weighted by atomic mass is 10.1. The standard InChI is InChI=1S/C11H7ClN2O4/c1-6-2-3-7(4-9(6)14(16)17)8-5-10(11(12)15)18-13-8/h2-5H,1H3. The molecule has 0 atom stereocenters. The lowest BCUT2D eigenvalue weighted by molar-refractivity contribution is -0.385. The molecule has 7 heteroatoms. The summed E-state index contributed by atoms with van der Waals surface area (Å²) in [5.41, 5.74) is 1.33. The summed E-state index contributed by atoms with van der Waals surface area (Å²) >= 11 is 5.23. The number of aromatic nitrogens is 1. The molecule has 0 aliphatic heterocycles. The summed E-state index contributed by atoms with van der Waals surface area (Å²) in [6.07, 6.45) is 0. The van der Waals surface area contributed by atoms with Gasteiger partial charge in [0.15, 0.2) is 0 Å². The summed E-state index contributed by atoms with van der Waals surface area (Å²) in [4.78, 5) is 21.2. The van der Waals surface area contributed by atoms with E-state index in [0.29, 0.717) is 16.8 Å². The average molecular weight is 267 g/mol. The Kier molecular flexibility index (Phi) is 3.12. The van der Waals surface area contributed by atoms with Crippen LogP contribution >= 0.6 is 11.6 Å². The van der Waals surface area contributed by atoms with E-state index < -0.39 is 10.2 Å². The van der Waals surface area contributed by atoms with E-state index in [2.05, 4.69) is 5.16 Å². The number of hydrogen-bond acceptors (Lipinski definition) is 5. The molecule has 0 fully saturated rings. The second-order valence-electron chi connectivity index (χ2n) is 3.61. The monoisotopic (exact) mass is 266 g/mol. The van der Waals surface area contributed by atoms with Crippen LogP contribution in [0.5, 0.6) is 0 Å². The number of benzene rings is 1. The van der Waals surface area contributed by atoms with Gasteiger partial charge in [0.1, 0.15) is 5.69 Å². The molecule has 2 rings (SSSR count). The minimum atomic E-state index is -0.768. The summed E-state index contributed by atoms with van der Waals surface area (Å²) < 4.78 is 4.71. The molecular weight excluding hydrogens is 260 g/mol. The highest BCUT2D eigenvalue weighted by Gasteiger charge is 2.16. The number of carbonyl (C=O) groups excluding carboxylic acids is 1. The van der Waals surface area contributed by atoms with Gasteiger partial charge in [-0.2, -0.15) is 0 Å². The summed E-state index contributed by atoms with van der Waals surface area (Å²) in [6.45, 7) is 1.64. The molecule has 0 N–H and O–H groups in total. The molecule has 1 heterocycles. The molecular formula is C11H7ClN2O4. The predicted molar refractivity (Wildman–Crippen MR) is 63.5 cm³/mol. The second-order valence-corrected chi connectivity index (χ2v) is 3.95. The van der Waals surface area contributed by atoms with Gasteiger partial charge in [-0.3, -0.25) is 14.9 Å². The van der Waals surface area contributed by atoms with E-state index in [0.717, 1.165) is 0 Å². The highest BCUT2D eigenvalue weighted by molar-refractivity contribution is 6.67. The number of aryl methyl sites for hydroxylation is 1. The molecule has 0 saturated heterocycles. The zero-order valence-electron chi connectivity index (χ0n) is 9.21. The van der Waals surface area contributed by atoms with Crippen LogP contribution < -0.4 is 0 Å². The number of nitrogens with zero attached hydrogens (tertiary/aromatic N) is 2. The van der Waals surface area contributed by atoms with Crippen molar-refractivity contribution in [3.05, 3.63) is 45.7 Å². The average Bonchev–Trinajstić information content (AvgIpc) is 2.78. The molecule has 6 nitrogen and oxygen atoms in total. The van der Waals surface area contributed by atoms with Crippen LogP contribution in [0.1, 0.15) is 16.1 Å². The molecule has 0 bridgehead atoms. The van der Waals surface area contributed by atoms with E-state index in [1.54, 1.807) is 19.1 Å². The van der Waals surface area contributed by atoms with Crippen molar-refractivity contribution in [3.63, 3.8) is 0 Å². The number of carbonyl (C=O) groups is 1. The van der Waals surface area contributed by atoms with E-state index in [1.807, 2.05) is 0 Å². The normalized spacial score (nSPS) is 10.3. The number of hydrogen-bond donors (Lipinski definition) is 0. The molecule has 0 amide bonds. The van der Waals surface area contributed by atoms with Crippen molar-refractivity contribution in [3.8, 4) is 11.3 Å². The fraction of sp³-hybridized carbons (Fsp3) is 0.0909. The maximum Gasteiger partial charge on any atom is 0.290 e. The molecule has 1 aromatic heterocycles. The topological polar surface area (TPSA) is 86.2 Å². The van der Waals surface area contributed by atoms with Gasteiger partial charge in [-0.25, -0.2) is 0 Å². The van der Waals surface area contributed by atoms with E-state index in [-0.39, 0.29) is 11.4 Å². The summed E-state index contributed by atoms with van der Waals surface area (Å²) in [5.74, 6) is -0.102. The molecule has 2 aromatic rings. The van der Waals surface area contributed by atoms with Crippen LogP contribution in [0.25, 0.3) is 11.3 Å². The van der Waals surface area contributed by atoms with Gasteiger partial charge in [0.25, 0.3) is 10.9 Å². The smallest absolute Gasteiger partial charge is 0.290 e. The minimum Gasteiger partial charge on any atom is -0.351 e. The highest BCUT2D eigenvalue weighted by atomic mass is 35.5. The van der Waals surface area contributed by atoms with Gasteiger partial charge in [-0.1, -0.05) is 17.3 Å². The number of nitro groups is 1. The van der Waals surface area contributed by atoms with Gasteiger partial charge in [0.2, 0.25) is 5.76 Å². The summed E-state index contributed by atoms with van der Waals surface area (Å²) in [7, 11) is 0. The Hall–Kier alpha value is -2.21. The van der Waals surface area contributed by atoms with E-state index in [4.69, 9.17) is 16.1 Å². The van der Waals surface area contributed by atoms with Crippen LogP contribution in [-0.4, -0.2) is 15.3 Å². The Balaban J connectivity index is 2.47. The van der Waals surface area contributed by atoms with Crippen molar-refractivity contribution in [1.29, 1.82) is 0 Å². The molecule has 0 saturated carbocycles. The first-order chi connectivity index (χ1) is 8.49. The molecule has 1 aromatic carbocycles. The first-order valence-electron chi connectivity index (χ1n) is 4.91. The third kappa shape index (κ3) is 2.23. The van der Waals surface area contributed by atoms with Crippen molar-refractivity contribution in [2.24, 2.45) is 0 Å². The molecule has 92 valence electrons. The summed E-state index contributed by atoms with van der Waals surface area (Å²) in [6, 6.07) is 5.96. The fourth-order valence-corrected chi connectivity index (χ4v) is 1.56. The SMILES string of the molecule is Cc1ccc(-c2cc(C(=O)Cl)on2)cc1[N+](=O)[O-]. The third-order valence-corrected chi connectivity index (χ3v) is 2.59. The molecule has 0 spiro atoms. The lowest BCUT2D eigenvalue weighted by Gasteiger charge is -1.99. The predicted octanol–water partition coefficient (Wildman–Crippen LogP) is 2.94. The first kappa shape index (κ1) is 12.3. The van der Waals surface area contributed by atoms with Crippen molar-refractivity contribution in [2.45, 2.75) is 6.92 Å². The van der Waals surface area contributed by atoms with E-state index >= 15 is 0 Å². The van der Waals surface area contributed by atoms with Gasteiger partial charge in [-0.05, 0) is 18.5 Å². The van der Waals surface area contributed by atoms with E-state index in [1.165, 1.54) is 12.1 Å². The number of halogens is 1. The maximum absolute atomic E-state index is 10.8. The Morgan fingerprint density at radius 1 is 1.44 bits per heavy atom. The van der Waals surface area contributed by atoms with Crippen molar-refractivity contribution >= 4 is 22.5 Å². The Morgan fingerprint density at radius 2 is 2.17 bits per heavy atom. The second kappa shape index (κ2) is 4.58. The Labute approximate surface area is 106 Å². The summed E-state index contributed by atoms with van der Waals surface area (Å²) in [5, 5.41) is 13.7. The van der Waals surface area contributed by atoms with Crippen LogP contribution in [0.2, 0.25) is 0 Å². The van der Waals surface area contributed by atoms with Crippen LogP contribution in [-0.2, 0) is 0 Å². The molecule has 18 heavy (non-hydrogen) atoms. The maximum atomic E-state index is 10.8. The molecule has 0 aliphatic carbocycles. The largest absolute Gasteiger partial charge is 0.351 e. The van der Waals surface area contributed by atoms with Crippen LogP contribution in [0.15, 0.2) is 28.8 Å². The zero-order valence-corrected chi connectivity index (χ0v) is 9.97. The van der Waals surface area contributed by atoms with Crippen LogP contribution in [0, 0.1) is 17.0 Å². The van der Waals surface area contributed by atoms with Gasteiger partial charge in [0, 0.05) is 23.3 Å². The molecule has 0 unspecified atom stereocenters. The number of nitro benzene ring substituents is 1.